The molecule has 0 bridgehead atoms. The molecule has 2 unspecified atom stereocenters. The fraction of sp³-hybridized carbons (Fsp3) is 0.737. The molecule has 26 heavy (non-hydrogen) atoms. The average molecular weight is 361 g/mol. The molecule has 1 N–H and O–H groups in total. The third kappa shape index (κ3) is 4.99. The number of amides is 1. The Labute approximate surface area is 156 Å². The Balaban J connectivity index is 1.58. The number of alkyl carbamates (subject to hydrolysis) is 1. The molecule has 2 aliphatic heterocycles. The van der Waals surface area contributed by atoms with Gasteiger partial charge in [-0.15, -0.1) is 0 Å². The predicted molar refractivity (Wildman–Crippen MR) is 103 cm³/mol. The van der Waals surface area contributed by atoms with Crippen molar-refractivity contribution in [2.75, 3.05) is 36.0 Å². The SMILES string of the molecule is CC1CCCN(c2cc(N3CCC(NC(=O)OC(C)(C)C)C3)ncn2)C1. The van der Waals surface area contributed by atoms with Crippen LogP contribution >= 0.6 is 0 Å². The average Bonchev–Trinajstić information content (AvgIpc) is 3.01. The Morgan fingerprint density at radius 1 is 1.15 bits per heavy atom. The number of piperidine rings is 1. The third-order valence-corrected chi connectivity index (χ3v) is 4.85. The number of anilines is 2. The first-order valence-corrected chi connectivity index (χ1v) is 9.61. The lowest BCUT2D eigenvalue weighted by Gasteiger charge is -2.32. The summed E-state index contributed by atoms with van der Waals surface area (Å²) in [7, 11) is 0. The zero-order valence-electron chi connectivity index (χ0n) is 16.4. The number of nitrogens with one attached hydrogen (secondary N) is 1. The molecule has 2 saturated heterocycles. The highest BCUT2D eigenvalue weighted by molar-refractivity contribution is 5.68. The monoisotopic (exact) mass is 361 g/mol. The summed E-state index contributed by atoms with van der Waals surface area (Å²) in [4.78, 5) is 25.5. The molecule has 7 heteroatoms. The van der Waals surface area contributed by atoms with Crippen molar-refractivity contribution in [3.05, 3.63) is 12.4 Å². The van der Waals surface area contributed by atoms with Gasteiger partial charge < -0.3 is 19.9 Å². The van der Waals surface area contributed by atoms with E-state index in [1.807, 2.05) is 20.8 Å². The second-order valence-electron chi connectivity index (χ2n) is 8.51. The molecule has 1 amide bonds. The maximum atomic E-state index is 12.0. The standard InChI is InChI=1S/C19H31N5O2/c1-14-6-5-8-23(11-14)16-10-17(21-13-20-16)24-9-7-15(12-24)22-18(25)26-19(2,3)4/h10,13-15H,5-9,11-12H2,1-4H3,(H,22,25). The summed E-state index contributed by atoms with van der Waals surface area (Å²) in [6, 6.07) is 2.16. The van der Waals surface area contributed by atoms with E-state index in [0.717, 1.165) is 44.2 Å². The van der Waals surface area contributed by atoms with E-state index in [4.69, 9.17) is 4.74 Å². The lowest BCUT2D eigenvalue weighted by Crippen LogP contribution is -2.40. The minimum absolute atomic E-state index is 0.0817. The Hall–Kier alpha value is -2.05. The Morgan fingerprint density at radius 2 is 1.85 bits per heavy atom. The highest BCUT2D eigenvalue weighted by atomic mass is 16.6. The van der Waals surface area contributed by atoms with Gasteiger partial charge in [-0.1, -0.05) is 6.92 Å². The maximum absolute atomic E-state index is 12.0. The number of carbonyl (C=O) groups is 1. The molecule has 0 radical (unpaired) electrons. The second-order valence-corrected chi connectivity index (χ2v) is 8.51. The number of ether oxygens (including phenoxy) is 1. The van der Waals surface area contributed by atoms with Crippen LogP contribution in [0.3, 0.4) is 0 Å². The Kier molecular flexibility index (Phi) is 5.53. The van der Waals surface area contributed by atoms with Crippen molar-refractivity contribution < 1.29 is 9.53 Å². The molecule has 0 saturated carbocycles. The van der Waals surface area contributed by atoms with Crippen LogP contribution in [0.5, 0.6) is 0 Å². The first-order chi connectivity index (χ1) is 12.3. The molecule has 3 heterocycles. The fourth-order valence-electron chi connectivity index (χ4n) is 3.64. The largest absolute Gasteiger partial charge is 0.444 e. The third-order valence-electron chi connectivity index (χ3n) is 4.85. The van der Waals surface area contributed by atoms with Crippen molar-refractivity contribution in [3.63, 3.8) is 0 Å². The van der Waals surface area contributed by atoms with Gasteiger partial charge in [-0.3, -0.25) is 0 Å². The van der Waals surface area contributed by atoms with E-state index < -0.39 is 5.60 Å². The quantitative estimate of drug-likeness (QED) is 0.893. The van der Waals surface area contributed by atoms with Crippen molar-refractivity contribution >= 4 is 17.7 Å². The molecule has 2 fully saturated rings. The summed E-state index contributed by atoms with van der Waals surface area (Å²) in [5, 5.41) is 2.96. The molecule has 2 atom stereocenters. The van der Waals surface area contributed by atoms with Crippen LogP contribution in [0.15, 0.2) is 12.4 Å². The van der Waals surface area contributed by atoms with E-state index >= 15 is 0 Å². The van der Waals surface area contributed by atoms with Crippen LogP contribution in [0.4, 0.5) is 16.4 Å². The lowest BCUT2D eigenvalue weighted by molar-refractivity contribution is 0.0509. The van der Waals surface area contributed by atoms with E-state index in [9.17, 15) is 4.79 Å². The van der Waals surface area contributed by atoms with Gasteiger partial charge in [-0.05, 0) is 46.0 Å². The van der Waals surface area contributed by atoms with Gasteiger partial charge in [0.1, 0.15) is 23.6 Å². The van der Waals surface area contributed by atoms with E-state index in [1.54, 1.807) is 6.33 Å². The summed E-state index contributed by atoms with van der Waals surface area (Å²) < 4.78 is 5.35. The molecule has 0 aliphatic carbocycles. The van der Waals surface area contributed by atoms with Crippen molar-refractivity contribution in [1.82, 2.24) is 15.3 Å². The molecule has 0 spiro atoms. The molecule has 1 aromatic heterocycles. The molecule has 2 aliphatic rings. The van der Waals surface area contributed by atoms with Gasteiger partial charge in [-0.2, -0.15) is 0 Å². The normalized spacial score (nSPS) is 23.8. The van der Waals surface area contributed by atoms with Gasteiger partial charge in [0.2, 0.25) is 0 Å². The number of nitrogens with zero attached hydrogens (tertiary/aromatic N) is 4. The topological polar surface area (TPSA) is 70.6 Å². The van der Waals surface area contributed by atoms with Crippen LogP contribution in [0.2, 0.25) is 0 Å². The zero-order chi connectivity index (χ0) is 18.7. The summed E-state index contributed by atoms with van der Waals surface area (Å²) >= 11 is 0. The summed E-state index contributed by atoms with van der Waals surface area (Å²) in [6.45, 7) is 11.6. The summed E-state index contributed by atoms with van der Waals surface area (Å²) in [5.41, 5.74) is -0.477. The number of rotatable bonds is 3. The van der Waals surface area contributed by atoms with E-state index in [1.165, 1.54) is 12.8 Å². The first-order valence-electron chi connectivity index (χ1n) is 9.61. The van der Waals surface area contributed by atoms with Gasteiger partial charge in [-0.25, -0.2) is 14.8 Å². The van der Waals surface area contributed by atoms with Gasteiger partial charge in [0, 0.05) is 32.2 Å². The first kappa shape index (κ1) is 18.7. The summed E-state index contributed by atoms with van der Waals surface area (Å²) in [6.07, 6.45) is 4.69. The van der Waals surface area contributed by atoms with Gasteiger partial charge in [0.15, 0.2) is 0 Å². The van der Waals surface area contributed by atoms with Gasteiger partial charge in [0.25, 0.3) is 0 Å². The number of hydrogen-bond acceptors (Lipinski definition) is 6. The van der Waals surface area contributed by atoms with Crippen LogP contribution in [-0.4, -0.2) is 53.9 Å². The van der Waals surface area contributed by atoms with Crippen LogP contribution in [0.1, 0.15) is 47.0 Å². The summed E-state index contributed by atoms with van der Waals surface area (Å²) in [5.74, 6) is 2.64. The molecular weight excluding hydrogens is 330 g/mol. The number of aromatic nitrogens is 2. The molecule has 144 valence electrons. The highest BCUT2D eigenvalue weighted by Gasteiger charge is 2.27. The molecular formula is C19H31N5O2. The molecule has 0 aromatic carbocycles. The van der Waals surface area contributed by atoms with Crippen molar-refractivity contribution in [1.29, 1.82) is 0 Å². The van der Waals surface area contributed by atoms with E-state index in [0.29, 0.717) is 5.92 Å². The minimum Gasteiger partial charge on any atom is -0.444 e. The Bertz CT molecular complexity index is 631. The van der Waals surface area contributed by atoms with Crippen LogP contribution in [0.25, 0.3) is 0 Å². The lowest BCUT2D eigenvalue weighted by atomic mass is 10.0. The van der Waals surface area contributed by atoms with Crippen molar-refractivity contribution in [2.24, 2.45) is 5.92 Å². The fourth-order valence-corrected chi connectivity index (χ4v) is 3.64. The maximum Gasteiger partial charge on any atom is 0.407 e. The minimum atomic E-state index is -0.477. The number of hydrogen-bond donors (Lipinski definition) is 1. The van der Waals surface area contributed by atoms with Crippen molar-refractivity contribution in [2.45, 2.75) is 58.6 Å². The zero-order valence-corrected chi connectivity index (χ0v) is 16.4. The van der Waals surface area contributed by atoms with E-state index in [-0.39, 0.29) is 12.1 Å². The van der Waals surface area contributed by atoms with E-state index in [2.05, 4.69) is 38.1 Å². The molecule has 7 nitrogen and oxygen atoms in total. The van der Waals surface area contributed by atoms with Gasteiger partial charge in [0.05, 0.1) is 6.04 Å². The molecule has 1 aromatic rings. The van der Waals surface area contributed by atoms with Crippen molar-refractivity contribution in [3.8, 4) is 0 Å². The van der Waals surface area contributed by atoms with Crippen LogP contribution in [-0.2, 0) is 4.74 Å². The molecule has 3 rings (SSSR count). The predicted octanol–water partition coefficient (Wildman–Crippen LogP) is 2.82. The van der Waals surface area contributed by atoms with Gasteiger partial charge >= 0.3 is 6.09 Å². The number of carbonyl (C=O) groups excluding carboxylic acids is 1. The van der Waals surface area contributed by atoms with Crippen LogP contribution < -0.4 is 15.1 Å². The second kappa shape index (κ2) is 7.68. The Morgan fingerprint density at radius 3 is 2.50 bits per heavy atom. The highest BCUT2D eigenvalue weighted by Crippen LogP contribution is 2.25. The smallest absolute Gasteiger partial charge is 0.407 e. The van der Waals surface area contributed by atoms with Crippen LogP contribution in [0, 0.1) is 5.92 Å².